The summed E-state index contributed by atoms with van der Waals surface area (Å²) in [6.45, 7) is -0.728. The van der Waals surface area contributed by atoms with Crippen LogP contribution in [0.5, 0.6) is 0 Å². The van der Waals surface area contributed by atoms with Gasteiger partial charge in [-0.25, -0.2) is 8.42 Å². The van der Waals surface area contributed by atoms with Crippen molar-refractivity contribution in [1.82, 2.24) is 0 Å². The molecule has 1 rings (SSSR count). The zero-order valence-electron chi connectivity index (χ0n) is 9.72. The second-order valence-electron chi connectivity index (χ2n) is 3.74. The van der Waals surface area contributed by atoms with Crippen LogP contribution >= 0.6 is 0 Å². The molecule has 1 N–H and O–H groups in total. The summed E-state index contributed by atoms with van der Waals surface area (Å²) in [5.74, 6) is 0. The zero-order valence-corrected chi connectivity index (χ0v) is 10.5. The molecule has 0 aliphatic rings. The summed E-state index contributed by atoms with van der Waals surface area (Å²) in [5.41, 5.74) is -6.04. The van der Waals surface area contributed by atoms with Crippen molar-refractivity contribution in [2.45, 2.75) is 23.0 Å². The van der Waals surface area contributed by atoms with E-state index in [0.29, 0.717) is 6.07 Å². The molecule has 10 heteroatoms. The van der Waals surface area contributed by atoms with Gasteiger partial charge in [-0.3, -0.25) is 0 Å². The van der Waals surface area contributed by atoms with Gasteiger partial charge in [0, 0.05) is 6.54 Å². The van der Waals surface area contributed by atoms with E-state index in [9.17, 15) is 34.8 Å². The summed E-state index contributed by atoms with van der Waals surface area (Å²) < 4.78 is 95.6. The molecule has 0 radical (unpaired) electrons. The van der Waals surface area contributed by atoms with E-state index in [1.165, 1.54) is 6.07 Å². The largest absolute Gasteiger partial charge is 0.501 e. The molecular weight excluding hydrogens is 312 g/mol. The Morgan fingerprint density at radius 3 is 2.05 bits per heavy atom. The summed E-state index contributed by atoms with van der Waals surface area (Å²) >= 11 is 0. The standard InChI is InChI=1S/C10H9F6NO2S/c11-9(12,13)5-6-17-7-3-1-2-4-8(7)20(18,19)10(14,15)16/h1-4,17H,5-6H2. The second kappa shape index (κ2) is 5.51. The molecule has 0 unspecified atom stereocenters. The highest BCUT2D eigenvalue weighted by atomic mass is 32.2. The lowest BCUT2D eigenvalue weighted by atomic mass is 10.3. The van der Waals surface area contributed by atoms with Gasteiger partial charge >= 0.3 is 11.7 Å². The fraction of sp³-hybridized carbons (Fsp3) is 0.400. The van der Waals surface area contributed by atoms with Crippen LogP contribution in [0.25, 0.3) is 0 Å². The second-order valence-corrected chi connectivity index (χ2v) is 5.65. The topological polar surface area (TPSA) is 46.2 Å². The Bertz CT molecular complexity index is 564. The van der Waals surface area contributed by atoms with E-state index in [1.54, 1.807) is 0 Å². The van der Waals surface area contributed by atoms with Crippen molar-refractivity contribution in [3.05, 3.63) is 24.3 Å². The third-order valence-electron chi connectivity index (χ3n) is 2.21. The highest BCUT2D eigenvalue weighted by molar-refractivity contribution is 7.92. The van der Waals surface area contributed by atoms with Crippen molar-refractivity contribution < 1.29 is 34.8 Å². The van der Waals surface area contributed by atoms with E-state index in [4.69, 9.17) is 0 Å². The van der Waals surface area contributed by atoms with Crippen LogP contribution in [-0.2, 0) is 9.84 Å². The molecule has 114 valence electrons. The summed E-state index contributed by atoms with van der Waals surface area (Å²) in [4.78, 5) is -1.10. The minimum absolute atomic E-state index is 0.519. The number of benzene rings is 1. The Kier molecular flexibility index (Phi) is 4.57. The first-order valence-corrected chi connectivity index (χ1v) is 6.64. The SMILES string of the molecule is O=S(=O)(c1ccccc1NCCC(F)(F)F)C(F)(F)F. The van der Waals surface area contributed by atoms with Gasteiger partial charge in [-0.1, -0.05) is 12.1 Å². The van der Waals surface area contributed by atoms with E-state index in [1.807, 2.05) is 5.32 Å². The Morgan fingerprint density at radius 1 is 1.00 bits per heavy atom. The van der Waals surface area contributed by atoms with E-state index in [0.717, 1.165) is 12.1 Å². The average Bonchev–Trinajstić information content (AvgIpc) is 2.26. The van der Waals surface area contributed by atoms with E-state index in [-0.39, 0.29) is 0 Å². The average molecular weight is 321 g/mol. The number of alkyl halides is 6. The molecule has 1 aromatic rings. The maximum atomic E-state index is 12.4. The summed E-state index contributed by atoms with van der Waals surface area (Å²) in [6, 6.07) is 3.91. The molecule has 0 saturated heterocycles. The van der Waals surface area contributed by atoms with Crippen LogP contribution in [-0.4, -0.2) is 26.6 Å². The highest BCUT2D eigenvalue weighted by Gasteiger charge is 2.47. The normalized spacial score (nSPS) is 13.3. The van der Waals surface area contributed by atoms with E-state index >= 15 is 0 Å². The van der Waals surface area contributed by atoms with Crippen LogP contribution in [0.4, 0.5) is 32.0 Å². The Balaban J connectivity index is 3.01. The molecule has 20 heavy (non-hydrogen) atoms. The molecule has 0 atom stereocenters. The van der Waals surface area contributed by atoms with E-state index < -0.39 is 45.1 Å². The van der Waals surface area contributed by atoms with Gasteiger partial charge in [0.25, 0.3) is 9.84 Å². The van der Waals surface area contributed by atoms with Gasteiger partial charge < -0.3 is 5.32 Å². The highest BCUT2D eigenvalue weighted by Crippen LogP contribution is 2.34. The maximum Gasteiger partial charge on any atom is 0.501 e. The molecule has 0 aromatic heterocycles. The number of nitrogens with one attached hydrogen (secondary N) is 1. The molecule has 3 nitrogen and oxygen atoms in total. The lowest BCUT2D eigenvalue weighted by Crippen LogP contribution is -2.24. The number of halogens is 6. The summed E-state index contributed by atoms with van der Waals surface area (Å²) in [5, 5.41) is 2.05. The number of hydrogen-bond acceptors (Lipinski definition) is 3. The maximum absolute atomic E-state index is 12.4. The third-order valence-corrected chi connectivity index (χ3v) is 3.75. The summed E-state index contributed by atoms with van der Waals surface area (Å²) in [6.07, 6.45) is -5.79. The van der Waals surface area contributed by atoms with Crippen LogP contribution in [0, 0.1) is 0 Å². The van der Waals surface area contributed by atoms with E-state index in [2.05, 4.69) is 0 Å². The van der Waals surface area contributed by atoms with Gasteiger partial charge in [0.15, 0.2) is 0 Å². The van der Waals surface area contributed by atoms with Gasteiger partial charge in [0.1, 0.15) is 0 Å². The van der Waals surface area contributed by atoms with Crippen molar-refractivity contribution in [2.24, 2.45) is 0 Å². The smallest absolute Gasteiger partial charge is 0.384 e. The monoisotopic (exact) mass is 321 g/mol. The quantitative estimate of drug-likeness (QED) is 0.865. The number of anilines is 1. The molecular formula is C10H9F6NO2S. The molecule has 0 aliphatic heterocycles. The van der Waals surface area contributed by atoms with Gasteiger partial charge in [-0.2, -0.15) is 26.3 Å². The molecule has 0 heterocycles. The van der Waals surface area contributed by atoms with Crippen LogP contribution < -0.4 is 5.32 Å². The fourth-order valence-corrected chi connectivity index (χ4v) is 2.25. The Labute approximate surface area is 110 Å². The molecule has 0 fully saturated rings. The van der Waals surface area contributed by atoms with Gasteiger partial charge in [0.05, 0.1) is 17.0 Å². The van der Waals surface area contributed by atoms with Crippen molar-refractivity contribution in [2.75, 3.05) is 11.9 Å². The predicted molar refractivity (Wildman–Crippen MR) is 58.8 cm³/mol. The predicted octanol–water partition coefficient (Wildman–Crippen LogP) is 3.34. The molecule has 0 spiro atoms. The summed E-state index contributed by atoms with van der Waals surface area (Å²) in [7, 11) is -5.62. The number of sulfone groups is 1. The first kappa shape index (κ1) is 16.6. The molecule has 0 aliphatic carbocycles. The Morgan fingerprint density at radius 2 is 1.55 bits per heavy atom. The first-order chi connectivity index (χ1) is 8.95. The van der Waals surface area contributed by atoms with Gasteiger partial charge in [-0.05, 0) is 12.1 Å². The number of hydrogen-bond donors (Lipinski definition) is 1. The van der Waals surface area contributed by atoms with Crippen LogP contribution in [0.2, 0.25) is 0 Å². The first-order valence-electron chi connectivity index (χ1n) is 5.16. The zero-order chi connectivity index (χ0) is 15.6. The minimum atomic E-state index is -5.62. The fourth-order valence-electron chi connectivity index (χ4n) is 1.31. The molecule has 0 bridgehead atoms. The van der Waals surface area contributed by atoms with Gasteiger partial charge in [-0.15, -0.1) is 0 Å². The molecule has 0 amide bonds. The van der Waals surface area contributed by atoms with Gasteiger partial charge in [0.2, 0.25) is 0 Å². The molecule has 0 saturated carbocycles. The van der Waals surface area contributed by atoms with Crippen molar-refractivity contribution >= 4 is 15.5 Å². The van der Waals surface area contributed by atoms with Crippen LogP contribution in [0.1, 0.15) is 6.42 Å². The molecule has 1 aromatic carbocycles. The van der Waals surface area contributed by atoms with Crippen LogP contribution in [0.3, 0.4) is 0 Å². The third kappa shape index (κ3) is 4.02. The lowest BCUT2D eigenvalue weighted by Gasteiger charge is -2.14. The number of rotatable bonds is 4. The lowest BCUT2D eigenvalue weighted by molar-refractivity contribution is -0.131. The minimum Gasteiger partial charge on any atom is -0.384 e. The van der Waals surface area contributed by atoms with Crippen molar-refractivity contribution in [3.8, 4) is 0 Å². The van der Waals surface area contributed by atoms with Crippen molar-refractivity contribution in [1.29, 1.82) is 0 Å². The Hall–Kier alpha value is -1.45. The van der Waals surface area contributed by atoms with Crippen molar-refractivity contribution in [3.63, 3.8) is 0 Å². The number of para-hydroxylation sites is 1. The van der Waals surface area contributed by atoms with Crippen LogP contribution in [0.15, 0.2) is 29.2 Å².